The minimum Gasteiger partial charge on any atom is -0.491 e. The van der Waals surface area contributed by atoms with Gasteiger partial charge in [-0.1, -0.05) is 13.8 Å². The van der Waals surface area contributed by atoms with Crippen molar-refractivity contribution < 1.29 is 23.9 Å². The summed E-state index contributed by atoms with van der Waals surface area (Å²) in [5, 5.41) is 2.60. The number of amides is 1. The molecule has 1 N–H and O–H groups in total. The molecule has 1 aromatic carbocycles. The van der Waals surface area contributed by atoms with Gasteiger partial charge in [-0.15, -0.1) is 0 Å². The van der Waals surface area contributed by atoms with Crippen LogP contribution in [0.4, 0.5) is 5.82 Å². The van der Waals surface area contributed by atoms with Gasteiger partial charge in [0, 0.05) is 17.3 Å². The van der Waals surface area contributed by atoms with Gasteiger partial charge in [0.1, 0.15) is 17.9 Å². The molecule has 0 unspecified atom stereocenters. The average molecular weight is 372 g/mol. The van der Waals surface area contributed by atoms with Crippen molar-refractivity contribution >= 4 is 24.0 Å². The molecule has 7 nitrogen and oxygen atoms in total. The highest BCUT2D eigenvalue weighted by Crippen LogP contribution is 2.19. The van der Waals surface area contributed by atoms with Gasteiger partial charge in [0.2, 0.25) is 0 Å². The standard InChI is InChI=1S/C18H18N2O5.C2H6/c1-11(2)25-15-7-12(10-21)6-14(8-15)17(22)20-16-5-4-13(9-19-16)18(23)24-3;1-2/h4-11H,1-3H3,(H,19,20,22);1-2H3. The molecule has 1 aromatic heterocycles. The SMILES string of the molecule is CC.COC(=O)c1ccc(NC(=O)c2cc(C=O)cc(OC(C)C)c2)nc1. The molecule has 0 saturated heterocycles. The maximum absolute atomic E-state index is 12.4. The zero-order chi connectivity index (χ0) is 20.4. The fourth-order valence-corrected chi connectivity index (χ4v) is 2.06. The number of esters is 1. The molecule has 1 heterocycles. The van der Waals surface area contributed by atoms with E-state index in [0.717, 1.165) is 0 Å². The molecule has 1 amide bonds. The molecule has 0 fully saturated rings. The van der Waals surface area contributed by atoms with Crippen molar-refractivity contribution in [3.63, 3.8) is 0 Å². The van der Waals surface area contributed by atoms with Crippen LogP contribution in [0.5, 0.6) is 5.75 Å². The number of pyridine rings is 1. The van der Waals surface area contributed by atoms with Crippen LogP contribution in [-0.4, -0.2) is 36.4 Å². The Labute approximate surface area is 158 Å². The number of carbonyl (C=O) groups excluding carboxylic acids is 3. The van der Waals surface area contributed by atoms with Crippen molar-refractivity contribution in [1.29, 1.82) is 0 Å². The van der Waals surface area contributed by atoms with Gasteiger partial charge in [0.05, 0.1) is 18.8 Å². The zero-order valence-electron chi connectivity index (χ0n) is 16.1. The Kier molecular flexibility index (Phi) is 8.65. The number of nitrogens with zero attached hydrogens (tertiary/aromatic N) is 1. The van der Waals surface area contributed by atoms with Gasteiger partial charge in [0.15, 0.2) is 0 Å². The van der Waals surface area contributed by atoms with Gasteiger partial charge in [-0.3, -0.25) is 9.59 Å². The average Bonchev–Trinajstić information content (AvgIpc) is 2.68. The number of benzene rings is 1. The Morgan fingerprint density at radius 2 is 1.81 bits per heavy atom. The minimum atomic E-state index is -0.514. The van der Waals surface area contributed by atoms with Crippen LogP contribution in [0.3, 0.4) is 0 Å². The summed E-state index contributed by atoms with van der Waals surface area (Å²) >= 11 is 0. The monoisotopic (exact) mass is 372 g/mol. The molecule has 2 aromatic rings. The van der Waals surface area contributed by atoms with E-state index in [9.17, 15) is 14.4 Å². The third-order valence-electron chi connectivity index (χ3n) is 3.13. The number of hydrogen-bond donors (Lipinski definition) is 1. The second-order valence-corrected chi connectivity index (χ2v) is 5.45. The molecule has 0 atom stereocenters. The zero-order valence-corrected chi connectivity index (χ0v) is 16.1. The van der Waals surface area contributed by atoms with Crippen LogP contribution in [0.25, 0.3) is 0 Å². The normalized spacial score (nSPS) is 9.70. The van der Waals surface area contributed by atoms with Crippen LogP contribution in [0.15, 0.2) is 36.5 Å². The predicted molar refractivity (Wildman–Crippen MR) is 102 cm³/mol. The minimum absolute atomic E-state index is 0.0923. The van der Waals surface area contributed by atoms with E-state index in [0.29, 0.717) is 17.6 Å². The van der Waals surface area contributed by atoms with Crippen molar-refractivity contribution in [2.45, 2.75) is 33.8 Å². The first kappa shape index (κ1) is 21.8. The quantitative estimate of drug-likeness (QED) is 0.613. The van der Waals surface area contributed by atoms with Gasteiger partial charge in [-0.2, -0.15) is 0 Å². The highest BCUT2D eigenvalue weighted by Gasteiger charge is 2.12. The number of carbonyl (C=O) groups is 3. The molecule has 2 rings (SSSR count). The van der Waals surface area contributed by atoms with Crippen molar-refractivity contribution in [1.82, 2.24) is 4.98 Å². The number of hydrogen-bond acceptors (Lipinski definition) is 6. The lowest BCUT2D eigenvalue weighted by Crippen LogP contribution is -2.14. The summed E-state index contributed by atoms with van der Waals surface area (Å²) in [4.78, 5) is 38.8. The van der Waals surface area contributed by atoms with Crippen LogP contribution in [0.1, 0.15) is 58.8 Å². The molecule has 144 valence electrons. The number of nitrogens with one attached hydrogen (secondary N) is 1. The van der Waals surface area contributed by atoms with Crippen LogP contribution in [-0.2, 0) is 4.74 Å². The number of anilines is 1. The Morgan fingerprint density at radius 1 is 1.11 bits per heavy atom. The molecule has 7 heteroatoms. The van der Waals surface area contributed by atoms with E-state index in [2.05, 4.69) is 15.0 Å². The molecule has 0 aliphatic rings. The summed E-state index contributed by atoms with van der Waals surface area (Å²) in [7, 11) is 1.27. The first-order chi connectivity index (χ1) is 12.9. The highest BCUT2D eigenvalue weighted by atomic mass is 16.5. The van der Waals surface area contributed by atoms with Crippen molar-refractivity contribution in [2.24, 2.45) is 0 Å². The van der Waals surface area contributed by atoms with Gasteiger partial charge < -0.3 is 14.8 Å². The van der Waals surface area contributed by atoms with Crippen LogP contribution < -0.4 is 10.1 Å². The third kappa shape index (κ3) is 6.54. The fourth-order valence-electron chi connectivity index (χ4n) is 2.06. The fraction of sp³-hybridized carbons (Fsp3) is 0.300. The molecule has 27 heavy (non-hydrogen) atoms. The second kappa shape index (κ2) is 10.7. The number of aldehydes is 1. The molecule has 0 saturated carbocycles. The van der Waals surface area contributed by atoms with E-state index in [-0.39, 0.29) is 23.0 Å². The maximum Gasteiger partial charge on any atom is 0.339 e. The summed E-state index contributed by atoms with van der Waals surface area (Å²) in [6, 6.07) is 7.54. The maximum atomic E-state index is 12.4. The molecule has 0 radical (unpaired) electrons. The third-order valence-corrected chi connectivity index (χ3v) is 3.13. The predicted octanol–water partition coefficient (Wildman–Crippen LogP) is 3.75. The second-order valence-electron chi connectivity index (χ2n) is 5.45. The summed E-state index contributed by atoms with van der Waals surface area (Å²) < 4.78 is 10.1. The van der Waals surface area contributed by atoms with Crippen LogP contribution in [0, 0.1) is 0 Å². The summed E-state index contributed by atoms with van der Waals surface area (Å²) in [5.41, 5.74) is 0.868. The Hall–Kier alpha value is -3.22. The number of rotatable bonds is 6. The molecule has 0 spiro atoms. The lowest BCUT2D eigenvalue weighted by atomic mass is 10.1. The Morgan fingerprint density at radius 3 is 2.33 bits per heavy atom. The molecule has 0 aliphatic heterocycles. The smallest absolute Gasteiger partial charge is 0.339 e. The largest absolute Gasteiger partial charge is 0.491 e. The van der Waals surface area contributed by atoms with Gasteiger partial charge in [0.25, 0.3) is 5.91 Å². The first-order valence-corrected chi connectivity index (χ1v) is 8.55. The summed E-state index contributed by atoms with van der Waals surface area (Å²) in [6.07, 6.45) is 1.86. The van der Waals surface area contributed by atoms with E-state index in [1.165, 1.54) is 31.5 Å². The van der Waals surface area contributed by atoms with Crippen molar-refractivity contribution in [2.75, 3.05) is 12.4 Å². The number of aromatic nitrogens is 1. The van der Waals surface area contributed by atoms with E-state index >= 15 is 0 Å². The molecule has 0 aliphatic carbocycles. The van der Waals surface area contributed by atoms with E-state index in [4.69, 9.17) is 4.74 Å². The molecule has 0 bridgehead atoms. The van der Waals surface area contributed by atoms with E-state index in [1.807, 2.05) is 27.7 Å². The molecular weight excluding hydrogens is 348 g/mol. The van der Waals surface area contributed by atoms with Crippen molar-refractivity contribution in [3.8, 4) is 5.75 Å². The lowest BCUT2D eigenvalue weighted by Gasteiger charge is -2.12. The van der Waals surface area contributed by atoms with E-state index in [1.54, 1.807) is 12.1 Å². The van der Waals surface area contributed by atoms with Crippen molar-refractivity contribution in [3.05, 3.63) is 53.2 Å². The lowest BCUT2D eigenvalue weighted by molar-refractivity contribution is 0.0600. The summed E-state index contributed by atoms with van der Waals surface area (Å²) in [5.74, 6) is -0.269. The molecular formula is C20H24N2O5. The summed E-state index contributed by atoms with van der Waals surface area (Å²) in [6.45, 7) is 7.69. The van der Waals surface area contributed by atoms with E-state index < -0.39 is 11.9 Å². The topological polar surface area (TPSA) is 94.6 Å². The van der Waals surface area contributed by atoms with Gasteiger partial charge in [-0.05, 0) is 44.2 Å². The Bertz CT molecular complexity index is 785. The van der Waals surface area contributed by atoms with Crippen LogP contribution >= 0.6 is 0 Å². The van der Waals surface area contributed by atoms with Gasteiger partial charge >= 0.3 is 5.97 Å². The number of methoxy groups -OCH3 is 1. The van der Waals surface area contributed by atoms with Crippen LogP contribution in [0.2, 0.25) is 0 Å². The first-order valence-electron chi connectivity index (χ1n) is 8.55. The van der Waals surface area contributed by atoms with Gasteiger partial charge in [-0.25, -0.2) is 9.78 Å². The highest BCUT2D eigenvalue weighted by molar-refractivity contribution is 6.05. The Balaban J connectivity index is 0.00000176. The number of ether oxygens (including phenoxy) is 2.